The van der Waals surface area contributed by atoms with Gasteiger partial charge in [-0.05, 0) is 24.3 Å². The molecule has 0 aliphatic rings. The standard InChI is InChI=1S/C20H21N3O5S/c1-23(2)19(24)18(15-7-4-3-5-8-15)28-20(25)16-9-11-17(12-10-16)29(26,27)22-14-6-13-21/h3-5,7-12,18,22H,6,14H2,1-2H3/t18-/m1/s1. The first-order chi connectivity index (χ1) is 13.8. The Kier molecular flexibility index (Phi) is 7.47. The maximum Gasteiger partial charge on any atom is 0.339 e. The summed E-state index contributed by atoms with van der Waals surface area (Å²) in [7, 11) is -0.659. The molecule has 0 unspecified atom stereocenters. The summed E-state index contributed by atoms with van der Waals surface area (Å²) in [5.41, 5.74) is 0.633. The van der Waals surface area contributed by atoms with Crippen molar-refractivity contribution < 1.29 is 22.7 Å². The first kappa shape index (κ1) is 22.1. The molecule has 0 heterocycles. The minimum absolute atomic E-state index is 0.00592. The number of rotatable bonds is 8. The lowest BCUT2D eigenvalue weighted by Crippen LogP contribution is -2.31. The summed E-state index contributed by atoms with van der Waals surface area (Å²) in [5, 5.41) is 8.50. The molecule has 0 fully saturated rings. The molecule has 2 aromatic carbocycles. The molecule has 2 aromatic rings. The molecule has 9 heteroatoms. The lowest BCUT2D eigenvalue weighted by molar-refractivity contribution is -0.138. The summed E-state index contributed by atoms with van der Waals surface area (Å²) in [6.45, 7) is -0.00592. The molecule has 0 aliphatic carbocycles. The number of carbonyl (C=O) groups excluding carboxylic acids is 2. The Labute approximate surface area is 169 Å². The van der Waals surface area contributed by atoms with E-state index in [1.165, 1.54) is 29.2 Å². The van der Waals surface area contributed by atoms with Crippen LogP contribution in [-0.4, -0.2) is 45.8 Å². The number of carbonyl (C=O) groups is 2. The van der Waals surface area contributed by atoms with Gasteiger partial charge < -0.3 is 9.64 Å². The van der Waals surface area contributed by atoms with Crippen molar-refractivity contribution in [2.24, 2.45) is 0 Å². The lowest BCUT2D eigenvalue weighted by atomic mass is 10.1. The number of sulfonamides is 1. The van der Waals surface area contributed by atoms with E-state index in [2.05, 4.69) is 4.72 Å². The molecule has 0 radical (unpaired) electrons. The summed E-state index contributed by atoms with van der Waals surface area (Å²) in [6.07, 6.45) is -1.07. The van der Waals surface area contributed by atoms with Crippen LogP contribution in [0.25, 0.3) is 0 Å². The molecule has 0 spiro atoms. The predicted molar refractivity (Wildman–Crippen MR) is 105 cm³/mol. The topological polar surface area (TPSA) is 117 Å². The van der Waals surface area contributed by atoms with Gasteiger partial charge in [0.15, 0.2) is 0 Å². The Hall–Kier alpha value is -3.22. The summed E-state index contributed by atoms with van der Waals surface area (Å²) in [6, 6.07) is 15.6. The van der Waals surface area contributed by atoms with Crippen LogP contribution in [0.15, 0.2) is 59.5 Å². The molecule has 0 saturated heterocycles. The van der Waals surface area contributed by atoms with Gasteiger partial charge in [-0.1, -0.05) is 30.3 Å². The van der Waals surface area contributed by atoms with Crippen molar-refractivity contribution in [2.75, 3.05) is 20.6 Å². The highest BCUT2D eigenvalue weighted by atomic mass is 32.2. The smallest absolute Gasteiger partial charge is 0.339 e. The average Bonchev–Trinajstić information content (AvgIpc) is 2.72. The molecule has 0 aromatic heterocycles. The zero-order chi connectivity index (χ0) is 21.4. The number of nitrogens with zero attached hydrogens (tertiary/aromatic N) is 2. The summed E-state index contributed by atoms with van der Waals surface area (Å²) in [5.74, 6) is -1.15. The van der Waals surface area contributed by atoms with Gasteiger partial charge >= 0.3 is 5.97 Å². The fourth-order valence-electron chi connectivity index (χ4n) is 2.39. The number of likely N-dealkylation sites (N-methyl/N-ethyl adjacent to an activating group) is 1. The molecular formula is C20H21N3O5S. The van der Waals surface area contributed by atoms with Crippen LogP contribution in [0.3, 0.4) is 0 Å². The van der Waals surface area contributed by atoms with E-state index >= 15 is 0 Å². The van der Waals surface area contributed by atoms with Crippen molar-refractivity contribution in [1.82, 2.24) is 9.62 Å². The van der Waals surface area contributed by atoms with Crippen molar-refractivity contribution in [1.29, 1.82) is 5.26 Å². The van der Waals surface area contributed by atoms with Crippen molar-refractivity contribution >= 4 is 21.9 Å². The number of benzene rings is 2. The van der Waals surface area contributed by atoms with E-state index in [0.717, 1.165) is 0 Å². The average molecular weight is 415 g/mol. The van der Waals surface area contributed by atoms with Crippen molar-refractivity contribution in [3.63, 3.8) is 0 Å². The Bertz CT molecular complexity index is 997. The first-order valence-corrected chi connectivity index (χ1v) is 10.2. The van der Waals surface area contributed by atoms with Crippen molar-refractivity contribution in [3.8, 4) is 6.07 Å². The van der Waals surface area contributed by atoms with E-state index in [1.807, 2.05) is 6.07 Å². The maximum atomic E-state index is 12.5. The fourth-order valence-corrected chi connectivity index (χ4v) is 3.43. The van der Waals surface area contributed by atoms with E-state index in [0.29, 0.717) is 5.56 Å². The number of ether oxygens (including phenoxy) is 1. The van der Waals surface area contributed by atoms with Crippen LogP contribution in [-0.2, 0) is 19.6 Å². The van der Waals surface area contributed by atoms with Gasteiger partial charge in [-0.15, -0.1) is 0 Å². The van der Waals surface area contributed by atoms with Crippen LogP contribution in [0.1, 0.15) is 28.4 Å². The van der Waals surface area contributed by atoms with Gasteiger partial charge in [0.1, 0.15) is 0 Å². The quantitative estimate of drug-likeness (QED) is 0.520. The van der Waals surface area contributed by atoms with Crippen LogP contribution in [0.5, 0.6) is 0 Å². The third kappa shape index (κ3) is 5.88. The van der Waals surface area contributed by atoms with Gasteiger partial charge in [-0.3, -0.25) is 4.79 Å². The van der Waals surface area contributed by atoms with E-state index in [4.69, 9.17) is 10.00 Å². The Morgan fingerprint density at radius 2 is 1.72 bits per heavy atom. The third-order valence-electron chi connectivity index (χ3n) is 3.92. The zero-order valence-electron chi connectivity index (χ0n) is 16.0. The van der Waals surface area contributed by atoms with E-state index < -0.39 is 28.0 Å². The molecule has 152 valence electrons. The summed E-state index contributed by atoms with van der Waals surface area (Å²) in [4.78, 5) is 26.3. The number of hydrogen-bond acceptors (Lipinski definition) is 6. The highest BCUT2D eigenvalue weighted by Gasteiger charge is 2.27. The van der Waals surface area contributed by atoms with Gasteiger partial charge in [0.05, 0.1) is 16.5 Å². The highest BCUT2D eigenvalue weighted by molar-refractivity contribution is 7.89. The second-order valence-corrected chi connectivity index (χ2v) is 8.03. The third-order valence-corrected chi connectivity index (χ3v) is 5.40. The normalized spacial score (nSPS) is 11.9. The molecule has 0 saturated carbocycles. The lowest BCUT2D eigenvalue weighted by Gasteiger charge is -2.21. The largest absolute Gasteiger partial charge is 0.444 e. The number of esters is 1. The number of hydrogen-bond donors (Lipinski definition) is 1. The minimum Gasteiger partial charge on any atom is -0.444 e. The molecule has 0 aliphatic heterocycles. The van der Waals surface area contributed by atoms with Crippen molar-refractivity contribution in [2.45, 2.75) is 17.4 Å². The minimum atomic E-state index is -3.78. The molecule has 1 amide bonds. The van der Waals surface area contributed by atoms with Gasteiger partial charge in [-0.2, -0.15) is 5.26 Å². The zero-order valence-corrected chi connectivity index (χ0v) is 16.8. The molecule has 1 N–H and O–H groups in total. The molecule has 29 heavy (non-hydrogen) atoms. The SMILES string of the molecule is CN(C)C(=O)[C@H](OC(=O)c1ccc(S(=O)(=O)NCCC#N)cc1)c1ccccc1. The maximum absolute atomic E-state index is 12.5. The van der Waals surface area contributed by atoms with Crippen LogP contribution in [0.4, 0.5) is 0 Å². The Balaban J connectivity index is 2.18. The number of nitriles is 1. The van der Waals surface area contributed by atoms with Crippen LogP contribution >= 0.6 is 0 Å². The van der Waals surface area contributed by atoms with Gasteiger partial charge in [-0.25, -0.2) is 17.9 Å². The Morgan fingerprint density at radius 3 is 2.28 bits per heavy atom. The van der Waals surface area contributed by atoms with Gasteiger partial charge in [0.2, 0.25) is 16.1 Å². The summed E-state index contributed by atoms with van der Waals surface area (Å²) >= 11 is 0. The van der Waals surface area contributed by atoms with Gasteiger partial charge in [0.25, 0.3) is 5.91 Å². The van der Waals surface area contributed by atoms with Crippen LogP contribution < -0.4 is 4.72 Å². The fraction of sp³-hybridized carbons (Fsp3) is 0.250. The molecular weight excluding hydrogens is 394 g/mol. The summed E-state index contributed by atoms with van der Waals surface area (Å²) < 4.78 is 32.0. The first-order valence-electron chi connectivity index (χ1n) is 8.70. The van der Waals surface area contributed by atoms with E-state index in [1.54, 1.807) is 44.4 Å². The predicted octanol–water partition coefficient (Wildman–Crippen LogP) is 1.86. The Morgan fingerprint density at radius 1 is 1.10 bits per heavy atom. The molecule has 1 atom stereocenters. The van der Waals surface area contributed by atoms with E-state index in [9.17, 15) is 18.0 Å². The molecule has 0 bridgehead atoms. The van der Waals surface area contributed by atoms with Gasteiger partial charge in [0, 0.05) is 32.6 Å². The molecule has 8 nitrogen and oxygen atoms in total. The number of amides is 1. The van der Waals surface area contributed by atoms with E-state index in [-0.39, 0.29) is 23.4 Å². The number of nitrogens with one attached hydrogen (secondary N) is 1. The second-order valence-electron chi connectivity index (χ2n) is 6.26. The monoisotopic (exact) mass is 415 g/mol. The highest BCUT2D eigenvalue weighted by Crippen LogP contribution is 2.22. The van der Waals surface area contributed by atoms with Crippen LogP contribution in [0, 0.1) is 11.3 Å². The van der Waals surface area contributed by atoms with Crippen molar-refractivity contribution in [3.05, 3.63) is 65.7 Å². The molecule has 2 rings (SSSR count). The second kappa shape index (κ2) is 9.82. The van der Waals surface area contributed by atoms with Crippen LogP contribution in [0.2, 0.25) is 0 Å².